The molecule has 36 heavy (non-hydrogen) atoms. The average Bonchev–Trinajstić information content (AvgIpc) is 3.23. The normalized spacial score (nSPS) is 11.5. The molecule has 0 radical (unpaired) electrons. The Morgan fingerprint density at radius 1 is 1.17 bits per heavy atom. The summed E-state index contributed by atoms with van der Waals surface area (Å²) in [6.45, 7) is 3.69. The predicted molar refractivity (Wildman–Crippen MR) is 133 cm³/mol. The number of benzene rings is 1. The lowest BCUT2D eigenvalue weighted by Gasteiger charge is -2.12. The highest BCUT2D eigenvalue weighted by Crippen LogP contribution is 2.37. The largest absolute Gasteiger partial charge is 0.480 e. The number of nitrogens with one attached hydrogen (secondary N) is 2. The number of hydrogen-bond donors (Lipinski definition) is 2. The topological polar surface area (TPSA) is 123 Å². The van der Waals surface area contributed by atoms with Crippen LogP contribution in [-0.4, -0.2) is 36.4 Å². The molecule has 9 nitrogen and oxygen atoms in total. The minimum Gasteiger partial charge on any atom is -0.480 e. The number of anilines is 2. The summed E-state index contributed by atoms with van der Waals surface area (Å²) >= 11 is 1.30. The van der Waals surface area contributed by atoms with Crippen molar-refractivity contribution in [3.05, 3.63) is 53.9 Å². The van der Waals surface area contributed by atoms with E-state index >= 15 is 0 Å². The third-order valence-corrected chi connectivity index (χ3v) is 7.55. The van der Waals surface area contributed by atoms with Crippen LogP contribution in [0.25, 0.3) is 20.7 Å². The van der Waals surface area contributed by atoms with Gasteiger partial charge in [-0.3, -0.25) is 14.8 Å². The van der Waals surface area contributed by atoms with Crippen LogP contribution in [0.1, 0.15) is 25.5 Å². The number of methoxy groups -OCH3 is 1. The minimum atomic E-state index is -4.42. The molecule has 1 aromatic carbocycles. The Kier molecular flexibility index (Phi) is 7.13. The van der Waals surface area contributed by atoms with Crippen molar-refractivity contribution >= 4 is 49.1 Å². The summed E-state index contributed by atoms with van der Waals surface area (Å²) < 4.78 is 60.4. The number of sulfonamides is 1. The number of pyridine rings is 1. The fourth-order valence-corrected chi connectivity index (χ4v) is 5.56. The Labute approximate surface area is 209 Å². The molecular formula is C23H21F2N5O4S2. The summed E-state index contributed by atoms with van der Waals surface area (Å²) in [5.41, 5.74) is 1.15. The van der Waals surface area contributed by atoms with Gasteiger partial charge in [0.2, 0.25) is 17.7 Å². The number of halogens is 2. The summed E-state index contributed by atoms with van der Waals surface area (Å²) in [5, 5.41) is 3.44. The molecule has 0 saturated heterocycles. The van der Waals surface area contributed by atoms with Gasteiger partial charge >= 0.3 is 0 Å². The fourth-order valence-electron chi connectivity index (χ4n) is 3.39. The number of amides is 1. The fraction of sp³-hybridized carbons (Fsp3) is 0.217. The van der Waals surface area contributed by atoms with Gasteiger partial charge in [0.25, 0.3) is 10.0 Å². The summed E-state index contributed by atoms with van der Waals surface area (Å²) in [5.74, 6) is -2.14. The summed E-state index contributed by atoms with van der Waals surface area (Å²) in [6.07, 6.45) is 2.54. The number of nitrogens with zero attached hydrogens (tertiary/aromatic N) is 3. The highest BCUT2D eigenvalue weighted by atomic mass is 32.2. The zero-order chi connectivity index (χ0) is 26.0. The zero-order valence-corrected chi connectivity index (χ0v) is 21.1. The van der Waals surface area contributed by atoms with Crippen LogP contribution in [-0.2, 0) is 14.8 Å². The predicted octanol–water partition coefficient (Wildman–Crippen LogP) is 4.89. The van der Waals surface area contributed by atoms with E-state index in [9.17, 15) is 22.0 Å². The number of aryl methyl sites for hydroxylation is 1. The number of thiophene rings is 1. The van der Waals surface area contributed by atoms with E-state index in [4.69, 9.17) is 4.74 Å². The highest BCUT2D eigenvalue weighted by molar-refractivity contribution is 7.92. The average molecular weight is 534 g/mol. The van der Waals surface area contributed by atoms with Crippen molar-refractivity contribution in [1.82, 2.24) is 15.0 Å². The van der Waals surface area contributed by atoms with Gasteiger partial charge < -0.3 is 4.74 Å². The van der Waals surface area contributed by atoms with Gasteiger partial charge in [0, 0.05) is 34.5 Å². The van der Waals surface area contributed by atoms with Gasteiger partial charge in [-0.15, -0.1) is 11.3 Å². The van der Waals surface area contributed by atoms with E-state index in [1.807, 2.05) is 13.0 Å². The second-order valence-electron chi connectivity index (χ2n) is 7.72. The van der Waals surface area contributed by atoms with Gasteiger partial charge in [-0.1, -0.05) is 6.92 Å². The zero-order valence-electron chi connectivity index (χ0n) is 19.4. The summed E-state index contributed by atoms with van der Waals surface area (Å²) in [6, 6.07) is 5.49. The van der Waals surface area contributed by atoms with Crippen molar-refractivity contribution in [3.8, 4) is 16.3 Å². The van der Waals surface area contributed by atoms with Gasteiger partial charge in [-0.25, -0.2) is 32.2 Å². The van der Waals surface area contributed by atoms with Crippen LogP contribution in [0.3, 0.4) is 0 Å². The molecule has 0 bridgehead atoms. The molecule has 13 heteroatoms. The van der Waals surface area contributed by atoms with Crippen LogP contribution in [0.5, 0.6) is 5.88 Å². The molecule has 0 aliphatic carbocycles. The first kappa shape index (κ1) is 25.4. The van der Waals surface area contributed by atoms with Crippen molar-refractivity contribution in [1.29, 1.82) is 0 Å². The Morgan fingerprint density at radius 3 is 2.64 bits per heavy atom. The van der Waals surface area contributed by atoms with Crippen LogP contribution in [0.2, 0.25) is 0 Å². The Hall–Kier alpha value is -3.71. The molecule has 0 fully saturated rings. The van der Waals surface area contributed by atoms with E-state index in [0.717, 1.165) is 17.5 Å². The molecule has 3 aromatic heterocycles. The molecule has 0 aliphatic heterocycles. The minimum absolute atomic E-state index is 0.0356. The smallest absolute Gasteiger partial charge is 0.264 e. The number of fused-ring (bicyclic) bond motifs is 1. The summed E-state index contributed by atoms with van der Waals surface area (Å²) in [7, 11) is -3.11. The van der Waals surface area contributed by atoms with E-state index in [2.05, 4.69) is 25.0 Å². The number of aromatic nitrogens is 3. The molecule has 188 valence electrons. The Balaban J connectivity index is 1.70. The molecule has 0 atom stereocenters. The van der Waals surface area contributed by atoms with E-state index in [0.29, 0.717) is 39.9 Å². The van der Waals surface area contributed by atoms with Gasteiger partial charge in [-0.05, 0) is 37.6 Å². The first-order valence-corrected chi connectivity index (χ1v) is 13.0. The van der Waals surface area contributed by atoms with E-state index in [1.165, 1.54) is 30.7 Å². The molecule has 1 amide bonds. The van der Waals surface area contributed by atoms with Gasteiger partial charge in [0.05, 0.1) is 12.8 Å². The molecule has 4 aromatic rings. The number of hydrogen-bond acceptors (Lipinski definition) is 8. The molecule has 0 saturated carbocycles. The van der Waals surface area contributed by atoms with Crippen molar-refractivity contribution < 1.29 is 26.7 Å². The standard InChI is InChI=1S/C23H21F2N5O4S2/c1-4-5-20(31)28-23-27-12(2)15-10-18(35-22(15)29-23)13-8-17(21(34-3)26-11-13)30-36(32,33)19-7-6-14(24)9-16(19)25/h6-11,30H,4-5H2,1-3H3,(H,27,28,29,31). The number of carbonyl (C=O) groups excluding carboxylic acids is 1. The molecular weight excluding hydrogens is 512 g/mol. The maximum absolute atomic E-state index is 14.1. The third kappa shape index (κ3) is 5.26. The maximum atomic E-state index is 14.1. The van der Waals surface area contributed by atoms with Crippen molar-refractivity contribution in [2.45, 2.75) is 31.6 Å². The first-order chi connectivity index (χ1) is 17.1. The lowest BCUT2D eigenvalue weighted by Crippen LogP contribution is -2.15. The molecule has 2 N–H and O–H groups in total. The molecule has 0 aliphatic rings. The van der Waals surface area contributed by atoms with Gasteiger partial charge in [0.1, 0.15) is 27.0 Å². The van der Waals surface area contributed by atoms with Crippen LogP contribution < -0.4 is 14.8 Å². The van der Waals surface area contributed by atoms with E-state index < -0.39 is 26.6 Å². The Bertz CT molecular complexity index is 1570. The van der Waals surface area contributed by atoms with Gasteiger partial charge in [0.15, 0.2) is 0 Å². The molecule has 0 spiro atoms. The molecule has 3 heterocycles. The van der Waals surface area contributed by atoms with Crippen LogP contribution >= 0.6 is 11.3 Å². The Morgan fingerprint density at radius 2 is 1.94 bits per heavy atom. The second-order valence-corrected chi connectivity index (χ2v) is 10.4. The van der Waals surface area contributed by atoms with Crippen LogP contribution in [0, 0.1) is 18.6 Å². The van der Waals surface area contributed by atoms with Crippen molar-refractivity contribution in [3.63, 3.8) is 0 Å². The van der Waals surface area contributed by atoms with Crippen molar-refractivity contribution in [2.75, 3.05) is 17.1 Å². The second kappa shape index (κ2) is 10.1. The lowest BCUT2D eigenvalue weighted by molar-refractivity contribution is -0.116. The molecule has 4 rings (SSSR count). The number of rotatable bonds is 8. The lowest BCUT2D eigenvalue weighted by atomic mass is 10.2. The monoisotopic (exact) mass is 533 g/mol. The highest BCUT2D eigenvalue weighted by Gasteiger charge is 2.23. The van der Waals surface area contributed by atoms with Crippen molar-refractivity contribution in [2.24, 2.45) is 0 Å². The quantitative estimate of drug-likeness (QED) is 0.331. The maximum Gasteiger partial charge on any atom is 0.264 e. The van der Waals surface area contributed by atoms with E-state index in [1.54, 1.807) is 6.92 Å². The van der Waals surface area contributed by atoms with Crippen LogP contribution in [0.15, 0.2) is 41.4 Å². The van der Waals surface area contributed by atoms with Gasteiger partial charge in [-0.2, -0.15) is 0 Å². The van der Waals surface area contributed by atoms with E-state index in [-0.39, 0.29) is 23.4 Å². The first-order valence-electron chi connectivity index (χ1n) is 10.7. The van der Waals surface area contributed by atoms with Crippen LogP contribution in [0.4, 0.5) is 20.4 Å². The number of ether oxygens (including phenoxy) is 1. The SMILES string of the molecule is CCCC(=O)Nc1nc(C)c2cc(-c3cnc(OC)c(NS(=O)(=O)c4ccc(F)cc4F)c3)sc2n1. The molecule has 0 unspecified atom stereocenters. The third-order valence-electron chi connectivity index (χ3n) is 5.07. The summed E-state index contributed by atoms with van der Waals surface area (Å²) in [4.78, 5) is 25.5. The number of carbonyl (C=O) groups is 1.